The summed E-state index contributed by atoms with van der Waals surface area (Å²) < 4.78 is 13.3. The average molecular weight is 360 g/mol. The zero-order valence-electron chi connectivity index (χ0n) is 14.2. The monoisotopic (exact) mass is 360 g/mol. The normalized spacial score (nSPS) is 17.4. The van der Waals surface area contributed by atoms with Crippen LogP contribution in [0.5, 0.6) is 0 Å². The largest absolute Gasteiger partial charge is 0.340 e. The van der Waals surface area contributed by atoms with Crippen molar-refractivity contribution in [2.24, 2.45) is 0 Å². The van der Waals surface area contributed by atoms with Gasteiger partial charge >= 0.3 is 0 Å². The maximum absolute atomic E-state index is 13.3. The summed E-state index contributed by atoms with van der Waals surface area (Å²) in [5.74, 6) is -0.480. The number of hydrogen-bond donors (Lipinski definition) is 0. The molecule has 1 unspecified atom stereocenters. The molecule has 132 valence electrons. The summed E-state index contributed by atoms with van der Waals surface area (Å²) in [5, 5.41) is 1.87. The number of likely N-dealkylation sites (N-methyl/N-ethyl adjacent to an activating group) is 1. The Hall–Kier alpha value is -2.21. The molecule has 1 aliphatic rings. The molecule has 0 aliphatic carbocycles. The Morgan fingerprint density at radius 2 is 2.12 bits per heavy atom. The third-order valence-electron chi connectivity index (χ3n) is 4.47. The van der Waals surface area contributed by atoms with Crippen molar-refractivity contribution in [3.05, 3.63) is 58.0 Å². The van der Waals surface area contributed by atoms with E-state index in [9.17, 15) is 14.0 Å². The van der Waals surface area contributed by atoms with Gasteiger partial charge in [0, 0.05) is 20.1 Å². The van der Waals surface area contributed by atoms with E-state index < -0.39 is 6.04 Å². The summed E-state index contributed by atoms with van der Waals surface area (Å²) in [4.78, 5) is 29.6. The van der Waals surface area contributed by atoms with Crippen LogP contribution in [-0.2, 0) is 11.3 Å². The molecule has 1 aliphatic heterocycles. The van der Waals surface area contributed by atoms with Crippen LogP contribution in [0.4, 0.5) is 4.39 Å². The fourth-order valence-corrected chi connectivity index (χ4v) is 3.89. The fourth-order valence-electron chi connectivity index (χ4n) is 3.21. The van der Waals surface area contributed by atoms with Gasteiger partial charge in [-0.15, -0.1) is 11.3 Å². The molecule has 4 nitrogen and oxygen atoms in total. The molecule has 1 saturated heterocycles. The van der Waals surface area contributed by atoms with Gasteiger partial charge in [0.2, 0.25) is 5.91 Å². The standard InChI is InChI=1S/C19H21FN2O2S/c1-21(13-14-6-4-7-15(20)12-14)18(23)16-8-2-3-10-22(16)19(24)17-9-5-11-25-17/h4-7,9,11-12,16H,2-3,8,10,13H2,1H3. The summed E-state index contributed by atoms with van der Waals surface area (Å²) in [7, 11) is 1.70. The second-order valence-electron chi connectivity index (χ2n) is 6.31. The quantitative estimate of drug-likeness (QED) is 0.837. The number of nitrogens with zero attached hydrogens (tertiary/aromatic N) is 2. The fraction of sp³-hybridized carbons (Fsp3) is 0.368. The minimum Gasteiger partial charge on any atom is -0.340 e. The highest BCUT2D eigenvalue weighted by Gasteiger charge is 2.34. The molecule has 25 heavy (non-hydrogen) atoms. The third kappa shape index (κ3) is 4.07. The van der Waals surface area contributed by atoms with Crippen LogP contribution >= 0.6 is 11.3 Å². The summed E-state index contributed by atoms with van der Waals surface area (Å²) in [5.41, 5.74) is 0.739. The van der Waals surface area contributed by atoms with Gasteiger partial charge in [0.25, 0.3) is 5.91 Å². The summed E-state index contributed by atoms with van der Waals surface area (Å²) in [6.07, 6.45) is 2.51. The van der Waals surface area contributed by atoms with Crippen LogP contribution in [0.3, 0.4) is 0 Å². The van der Waals surface area contributed by atoms with Crippen LogP contribution in [0.1, 0.15) is 34.5 Å². The molecule has 1 atom stereocenters. The van der Waals surface area contributed by atoms with E-state index in [0.29, 0.717) is 24.4 Å². The highest BCUT2D eigenvalue weighted by Crippen LogP contribution is 2.23. The topological polar surface area (TPSA) is 40.6 Å². The van der Waals surface area contributed by atoms with Crippen molar-refractivity contribution in [3.8, 4) is 0 Å². The van der Waals surface area contributed by atoms with Crippen molar-refractivity contribution in [1.82, 2.24) is 9.80 Å². The van der Waals surface area contributed by atoms with Crippen LogP contribution in [-0.4, -0.2) is 41.2 Å². The van der Waals surface area contributed by atoms with E-state index in [4.69, 9.17) is 0 Å². The van der Waals surface area contributed by atoms with Crippen LogP contribution < -0.4 is 0 Å². The lowest BCUT2D eigenvalue weighted by Crippen LogP contribution is -2.52. The van der Waals surface area contributed by atoms with Gasteiger partial charge in [-0.25, -0.2) is 4.39 Å². The SMILES string of the molecule is CN(Cc1cccc(F)c1)C(=O)C1CCCCN1C(=O)c1cccs1. The van der Waals surface area contributed by atoms with E-state index in [2.05, 4.69) is 0 Å². The molecule has 1 aromatic heterocycles. The number of hydrogen-bond acceptors (Lipinski definition) is 3. The molecule has 6 heteroatoms. The summed E-state index contributed by atoms with van der Waals surface area (Å²) in [6.45, 7) is 0.926. The molecule has 0 saturated carbocycles. The number of thiophene rings is 1. The Balaban J connectivity index is 1.73. The zero-order valence-corrected chi connectivity index (χ0v) is 15.0. The van der Waals surface area contributed by atoms with Crippen LogP contribution in [0.2, 0.25) is 0 Å². The second-order valence-corrected chi connectivity index (χ2v) is 7.26. The second kappa shape index (κ2) is 7.78. The van der Waals surface area contributed by atoms with Gasteiger partial charge in [-0.1, -0.05) is 18.2 Å². The third-order valence-corrected chi connectivity index (χ3v) is 5.32. The highest BCUT2D eigenvalue weighted by atomic mass is 32.1. The van der Waals surface area contributed by atoms with Gasteiger partial charge in [0.15, 0.2) is 0 Å². The number of likely N-dealkylation sites (tertiary alicyclic amines) is 1. The average Bonchev–Trinajstić information content (AvgIpc) is 3.15. The number of rotatable bonds is 4. The molecular formula is C19H21FN2O2S. The summed E-state index contributed by atoms with van der Waals surface area (Å²) in [6, 6.07) is 9.43. The molecule has 0 radical (unpaired) electrons. The number of carbonyl (C=O) groups is 2. The Bertz CT molecular complexity index is 748. The van der Waals surface area contributed by atoms with Crippen molar-refractivity contribution >= 4 is 23.2 Å². The van der Waals surface area contributed by atoms with Gasteiger partial charge in [-0.05, 0) is 48.4 Å². The van der Waals surface area contributed by atoms with Crippen molar-refractivity contribution in [3.63, 3.8) is 0 Å². The molecule has 2 heterocycles. The maximum atomic E-state index is 13.3. The van der Waals surface area contributed by atoms with Crippen LogP contribution in [0, 0.1) is 5.82 Å². The maximum Gasteiger partial charge on any atom is 0.264 e. The van der Waals surface area contributed by atoms with E-state index in [0.717, 1.165) is 18.4 Å². The molecule has 0 spiro atoms. The first-order valence-electron chi connectivity index (χ1n) is 8.40. The van der Waals surface area contributed by atoms with Crippen molar-refractivity contribution in [2.45, 2.75) is 31.8 Å². The predicted molar refractivity (Wildman–Crippen MR) is 95.9 cm³/mol. The van der Waals surface area contributed by atoms with Gasteiger partial charge in [-0.3, -0.25) is 9.59 Å². The molecule has 0 N–H and O–H groups in total. The minimum absolute atomic E-state index is 0.0767. The molecule has 3 rings (SSSR count). The number of benzene rings is 1. The first kappa shape index (κ1) is 17.6. The molecule has 1 aromatic carbocycles. The Morgan fingerprint density at radius 3 is 2.84 bits per heavy atom. The number of halogens is 1. The van der Waals surface area contributed by atoms with E-state index in [1.807, 2.05) is 11.4 Å². The van der Waals surface area contributed by atoms with Crippen molar-refractivity contribution < 1.29 is 14.0 Å². The van der Waals surface area contributed by atoms with Crippen molar-refractivity contribution in [2.75, 3.05) is 13.6 Å². The van der Waals surface area contributed by atoms with Gasteiger partial charge in [0.1, 0.15) is 11.9 Å². The smallest absolute Gasteiger partial charge is 0.264 e. The molecular weight excluding hydrogens is 339 g/mol. The Kier molecular flexibility index (Phi) is 5.48. The van der Waals surface area contributed by atoms with Crippen molar-refractivity contribution in [1.29, 1.82) is 0 Å². The van der Waals surface area contributed by atoms with Gasteiger partial charge < -0.3 is 9.80 Å². The Labute approximate surface area is 150 Å². The minimum atomic E-state index is -0.443. The van der Waals surface area contributed by atoms with E-state index in [1.54, 1.807) is 35.0 Å². The summed E-state index contributed by atoms with van der Waals surface area (Å²) >= 11 is 1.39. The van der Waals surface area contributed by atoms with E-state index >= 15 is 0 Å². The molecule has 0 bridgehead atoms. The zero-order chi connectivity index (χ0) is 17.8. The molecule has 2 amide bonds. The Morgan fingerprint density at radius 1 is 1.28 bits per heavy atom. The number of piperidine rings is 1. The lowest BCUT2D eigenvalue weighted by molar-refractivity contribution is -0.136. The lowest BCUT2D eigenvalue weighted by Gasteiger charge is -2.36. The van der Waals surface area contributed by atoms with Crippen LogP contribution in [0.25, 0.3) is 0 Å². The first-order chi connectivity index (χ1) is 12.1. The highest BCUT2D eigenvalue weighted by molar-refractivity contribution is 7.12. The van der Waals surface area contributed by atoms with Gasteiger partial charge in [0.05, 0.1) is 4.88 Å². The van der Waals surface area contributed by atoms with Crippen LogP contribution in [0.15, 0.2) is 41.8 Å². The first-order valence-corrected chi connectivity index (χ1v) is 9.28. The van der Waals surface area contributed by atoms with E-state index in [1.165, 1.54) is 23.5 Å². The molecule has 1 fully saturated rings. The molecule has 2 aromatic rings. The number of amides is 2. The predicted octanol–water partition coefficient (Wildman–Crippen LogP) is 3.54. The van der Waals surface area contributed by atoms with Gasteiger partial charge in [-0.2, -0.15) is 0 Å². The lowest BCUT2D eigenvalue weighted by atomic mass is 10.0. The van der Waals surface area contributed by atoms with E-state index in [-0.39, 0.29) is 17.6 Å². The number of carbonyl (C=O) groups excluding carboxylic acids is 2.